The Kier molecular flexibility index (Phi) is 4.80. The molecular formula is C26H27N5O2. The largest absolute Gasteiger partial charge is 0.380 e. The highest BCUT2D eigenvalue weighted by atomic mass is 16.5. The first kappa shape index (κ1) is 20.2. The molecule has 1 aliphatic carbocycles. The highest BCUT2D eigenvalue weighted by Gasteiger charge is 2.50. The van der Waals surface area contributed by atoms with Crippen molar-refractivity contribution in [1.29, 1.82) is 0 Å². The van der Waals surface area contributed by atoms with Gasteiger partial charge >= 0.3 is 0 Å². The summed E-state index contributed by atoms with van der Waals surface area (Å²) in [6.45, 7) is 4.56. The van der Waals surface area contributed by atoms with Crippen molar-refractivity contribution in [3.8, 4) is 5.69 Å². The molecule has 1 saturated carbocycles. The van der Waals surface area contributed by atoms with Crippen LogP contribution in [-0.2, 0) is 17.7 Å². The molecule has 0 atom stereocenters. The first-order chi connectivity index (χ1) is 16.1. The predicted molar refractivity (Wildman–Crippen MR) is 126 cm³/mol. The van der Waals surface area contributed by atoms with Crippen molar-refractivity contribution in [3.63, 3.8) is 0 Å². The van der Waals surface area contributed by atoms with Gasteiger partial charge in [-0.3, -0.25) is 4.79 Å². The Morgan fingerprint density at radius 1 is 1.18 bits per heavy atom. The molecule has 2 fully saturated rings. The molecule has 3 aromatic heterocycles. The Bertz CT molecular complexity index is 1290. The van der Waals surface area contributed by atoms with E-state index in [1.165, 1.54) is 5.56 Å². The molecular weight excluding hydrogens is 414 g/mol. The van der Waals surface area contributed by atoms with E-state index in [1.54, 1.807) is 6.20 Å². The monoisotopic (exact) mass is 441 g/mol. The number of nitrogens with one attached hydrogen (secondary N) is 1. The molecule has 0 radical (unpaired) electrons. The molecule has 4 heterocycles. The first-order valence-electron chi connectivity index (χ1n) is 11.6. The molecule has 6 rings (SSSR count). The van der Waals surface area contributed by atoms with Crippen LogP contribution < -0.4 is 5.32 Å². The van der Waals surface area contributed by atoms with Crippen LogP contribution in [0.15, 0.2) is 61.1 Å². The summed E-state index contributed by atoms with van der Waals surface area (Å²) in [5.74, 6) is -0.0869. The van der Waals surface area contributed by atoms with Crippen molar-refractivity contribution in [3.05, 3.63) is 77.9 Å². The number of nitrogens with zero attached hydrogens (tertiary/aromatic N) is 4. The van der Waals surface area contributed by atoms with Crippen LogP contribution in [0.3, 0.4) is 0 Å². The zero-order chi connectivity index (χ0) is 22.4. The van der Waals surface area contributed by atoms with Crippen molar-refractivity contribution >= 4 is 16.9 Å². The van der Waals surface area contributed by atoms with Gasteiger partial charge in [0.1, 0.15) is 11.3 Å². The van der Waals surface area contributed by atoms with E-state index >= 15 is 0 Å². The van der Waals surface area contributed by atoms with E-state index in [0.717, 1.165) is 61.3 Å². The number of carbonyl (C=O) groups is 1. The van der Waals surface area contributed by atoms with Crippen molar-refractivity contribution in [1.82, 2.24) is 24.6 Å². The highest BCUT2D eigenvalue weighted by Crippen LogP contribution is 2.46. The number of hydrogen-bond acceptors (Lipinski definition) is 4. The van der Waals surface area contributed by atoms with Gasteiger partial charge in [0.05, 0.1) is 18.9 Å². The molecule has 1 aliphatic heterocycles. The predicted octanol–water partition coefficient (Wildman–Crippen LogP) is 3.74. The van der Waals surface area contributed by atoms with Crippen LogP contribution in [0.5, 0.6) is 0 Å². The SMILES string of the molecule is CCn1ccc2c(Cc3ccc(-n4cccn4)cc3)cc(C(=O)NC3CC4(COC4)C3)nc21. The second kappa shape index (κ2) is 7.85. The molecule has 1 N–H and O–H groups in total. The van der Waals surface area contributed by atoms with Gasteiger partial charge < -0.3 is 14.6 Å². The summed E-state index contributed by atoms with van der Waals surface area (Å²) in [7, 11) is 0. The standard InChI is InChI=1S/C26H27N5O2/c1-2-30-11-8-22-19(12-18-4-6-21(7-5-18)31-10-3-9-27-31)13-23(29-24(22)30)25(32)28-20-14-26(15-20)16-33-17-26/h3-11,13,20H,2,12,14-17H2,1H3,(H,28,32). The van der Waals surface area contributed by atoms with Gasteiger partial charge in [-0.25, -0.2) is 9.67 Å². The average molecular weight is 442 g/mol. The summed E-state index contributed by atoms with van der Waals surface area (Å²) in [4.78, 5) is 17.8. The third-order valence-corrected chi connectivity index (χ3v) is 7.00. The van der Waals surface area contributed by atoms with Gasteiger partial charge in [-0.2, -0.15) is 5.10 Å². The highest BCUT2D eigenvalue weighted by molar-refractivity contribution is 5.96. The van der Waals surface area contributed by atoms with E-state index in [2.05, 4.69) is 58.4 Å². The number of rotatable bonds is 6. The lowest BCUT2D eigenvalue weighted by atomic mass is 9.64. The minimum absolute atomic E-state index is 0.0869. The Morgan fingerprint density at radius 3 is 2.67 bits per heavy atom. The molecule has 4 aromatic rings. The van der Waals surface area contributed by atoms with E-state index < -0.39 is 0 Å². The third-order valence-electron chi connectivity index (χ3n) is 7.00. The van der Waals surface area contributed by atoms with Gasteiger partial charge in [-0.15, -0.1) is 0 Å². The Labute approximate surface area is 192 Å². The molecule has 0 unspecified atom stereocenters. The fraction of sp³-hybridized carbons (Fsp3) is 0.346. The van der Waals surface area contributed by atoms with Crippen LogP contribution in [0, 0.1) is 5.41 Å². The maximum atomic E-state index is 13.1. The number of amides is 1. The van der Waals surface area contributed by atoms with Crippen LogP contribution in [0.4, 0.5) is 0 Å². The van der Waals surface area contributed by atoms with Gasteiger partial charge in [0.25, 0.3) is 5.91 Å². The number of aromatic nitrogens is 4. The van der Waals surface area contributed by atoms with Crippen molar-refractivity contribution in [2.45, 2.75) is 38.8 Å². The topological polar surface area (TPSA) is 74.0 Å². The van der Waals surface area contributed by atoms with E-state index in [-0.39, 0.29) is 11.9 Å². The fourth-order valence-electron chi connectivity index (χ4n) is 5.13. The average Bonchev–Trinajstić information content (AvgIpc) is 3.45. The maximum Gasteiger partial charge on any atom is 0.270 e. The van der Waals surface area contributed by atoms with Gasteiger partial charge in [-0.1, -0.05) is 12.1 Å². The lowest BCUT2D eigenvalue weighted by Crippen LogP contribution is -2.59. The summed E-state index contributed by atoms with van der Waals surface area (Å²) in [6.07, 6.45) is 8.49. The number of hydrogen-bond donors (Lipinski definition) is 1. The molecule has 33 heavy (non-hydrogen) atoms. The summed E-state index contributed by atoms with van der Waals surface area (Å²) < 4.78 is 9.29. The third kappa shape index (κ3) is 3.62. The normalized spacial score (nSPS) is 17.1. The molecule has 7 nitrogen and oxygen atoms in total. The summed E-state index contributed by atoms with van der Waals surface area (Å²) in [5, 5.41) is 8.58. The number of ether oxygens (including phenoxy) is 1. The second-order valence-electron chi connectivity index (χ2n) is 9.37. The molecule has 1 aromatic carbocycles. The van der Waals surface area contributed by atoms with Crippen molar-refractivity contribution in [2.24, 2.45) is 5.41 Å². The van der Waals surface area contributed by atoms with Gasteiger partial charge in [0, 0.05) is 42.0 Å². The van der Waals surface area contributed by atoms with Gasteiger partial charge in [0.15, 0.2) is 0 Å². The Hall–Kier alpha value is -3.45. The number of carbonyl (C=O) groups excluding carboxylic acids is 1. The number of aryl methyl sites for hydroxylation is 1. The lowest BCUT2D eigenvalue weighted by Gasteiger charge is -2.53. The van der Waals surface area contributed by atoms with Gasteiger partial charge in [-0.05, 0) is 67.6 Å². The summed E-state index contributed by atoms with van der Waals surface area (Å²) >= 11 is 0. The second-order valence-corrected chi connectivity index (χ2v) is 9.37. The smallest absolute Gasteiger partial charge is 0.270 e. The van der Waals surface area contributed by atoms with Crippen molar-refractivity contribution < 1.29 is 9.53 Å². The van der Waals surface area contributed by atoms with Crippen molar-refractivity contribution in [2.75, 3.05) is 13.2 Å². The number of benzene rings is 1. The zero-order valence-electron chi connectivity index (χ0n) is 18.7. The Balaban J connectivity index is 1.27. The maximum absolute atomic E-state index is 13.1. The minimum Gasteiger partial charge on any atom is -0.380 e. The fourth-order valence-corrected chi connectivity index (χ4v) is 5.13. The Morgan fingerprint density at radius 2 is 2.00 bits per heavy atom. The van der Waals surface area contributed by atoms with Crippen LogP contribution in [0.2, 0.25) is 0 Å². The van der Waals surface area contributed by atoms with Crippen LogP contribution in [0.25, 0.3) is 16.7 Å². The number of pyridine rings is 1. The number of fused-ring (bicyclic) bond motifs is 1. The molecule has 1 saturated heterocycles. The van der Waals surface area contributed by atoms with E-state index in [1.807, 2.05) is 23.0 Å². The molecule has 2 aliphatic rings. The van der Waals surface area contributed by atoms with E-state index in [9.17, 15) is 4.79 Å². The molecule has 168 valence electrons. The summed E-state index contributed by atoms with van der Waals surface area (Å²) in [5.41, 5.74) is 4.99. The molecule has 7 heteroatoms. The molecule has 1 spiro atoms. The van der Waals surface area contributed by atoms with Crippen LogP contribution in [-0.4, -0.2) is 44.5 Å². The summed E-state index contributed by atoms with van der Waals surface area (Å²) in [6, 6.07) is 14.6. The molecule has 1 amide bonds. The zero-order valence-corrected chi connectivity index (χ0v) is 18.7. The van der Waals surface area contributed by atoms with Crippen LogP contribution in [0.1, 0.15) is 41.4 Å². The van der Waals surface area contributed by atoms with Crippen LogP contribution >= 0.6 is 0 Å². The quantitative estimate of drug-likeness (QED) is 0.495. The van der Waals surface area contributed by atoms with Gasteiger partial charge in [0.2, 0.25) is 0 Å². The van der Waals surface area contributed by atoms with E-state index in [0.29, 0.717) is 11.1 Å². The first-order valence-corrected chi connectivity index (χ1v) is 11.6. The van der Waals surface area contributed by atoms with E-state index in [4.69, 9.17) is 9.72 Å². The lowest BCUT2D eigenvalue weighted by molar-refractivity contribution is -0.165. The molecule has 0 bridgehead atoms. The minimum atomic E-state index is -0.0869.